The summed E-state index contributed by atoms with van der Waals surface area (Å²) in [6.07, 6.45) is 1.57. The van der Waals surface area contributed by atoms with Crippen LogP contribution in [0, 0.1) is 0 Å². The molecule has 19 heavy (non-hydrogen) atoms. The number of fused-ring (bicyclic) bond motifs is 1. The molecule has 2 rings (SSSR count). The van der Waals surface area contributed by atoms with Crippen LogP contribution in [0.3, 0.4) is 0 Å². The molecule has 1 heterocycles. The number of nitrogens with one attached hydrogen (secondary N) is 1. The standard InChI is InChI=1S/C12H11ClFN3O2/c13-10(14)11(18)15-5-6-17-12(19)9-4-2-1-3-8(9)7-16-17/h1-4,7,10H,5-6H2,(H,15,18). The van der Waals surface area contributed by atoms with Crippen molar-refractivity contribution in [3.63, 3.8) is 0 Å². The van der Waals surface area contributed by atoms with E-state index in [1.165, 1.54) is 4.68 Å². The van der Waals surface area contributed by atoms with E-state index in [0.29, 0.717) is 5.39 Å². The lowest BCUT2D eigenvalue weighted by Gasteiger charge is -2.07. The Kier molecular flexibility index (Phi) is 4.11. The first kappa shape index (κ1) is 13.5. The molecule has 0 saturated carbocycles. The number of hydrogen-bond donors (Lipinski definition) is 1. The molecule has 0 saturated heterocycles. The maximum absolute atomic E-state index is 12.4. The van der Waals surface area contributed by atoms with E-state index in [9.17, 15) is 14.0 Å². The van der Waals surface area contributed by atoms with Gasteiger partial charge in [-0.05, 0) is 6.07 Å². The molecule has 0 aliphatic rings. The Morgan fingerprint density at radius 1 is 1.47 bits per heavy atom. The van der Waals surface area contributed by atoms with Crippen LogP contribution in [0.15, 0.2) is 35.3 Å². The number of carbonyl (C=O) groups excluding carboxylic acids is 1. The summed E-state index contributed by atoms with van der Waals surface area (Å²) in [5, 5.41) is 7.53. The molecule has 2 aromatic rings. The number of halogens is 2. The molecule has 0 radical (unpaired) electrons. The molecule has 1 aromatic heterocycles. The molecule has 7 heteroatoms. The van der Waals surface area contributed by atoms with E-state index in [1.54, 1.807) is 24.4 Å². The van der Waals surface area contributed by atoms with Crippen molar-refractivity contribution in [2.75, 3.05) is 6.54 Å². The van der Waals surface area contributed by atoms with Crippen LogP contribution in [0.1, 0.15) is 0 Å². The largest absolute Gasteiger partial charge is 0.351 e. The Balaban J connectivity index is 2.12. The van der Waals surface area contributed by atoms with Crippen LogP contribution in [0.5, 0.6) is 0 Å². The molecule has 1 N–H and O–H groups in total. The van der Waals surface area contributed by atoms with E-state index in [2.05, 4.69) is 10.4 Å². The van der Waals surface area contributed by atoms with Crippen molar-refractivity contribution in [2.24, 2.45) is 0 Å². The number of benzene rings is 1. The number of alkyl halides is 2. The zero-order valence-electron chi connectivity index (χ0n) is 9.85. The number of rotatable bonds is 4. The molecule has 1 aromatic carbocycles. The molecule has 1 unspecified atom stereocenters. The molecule has 5 nitrogen and oxygen atoms in total. The summed E-state index contributed by atoms with van der Waals surface area (Å²) in [6, 6.07) is 7.06. The first-order valence-electron chi connectivity index (χ1n) is 5.60. The van der Waals surface area contributed by atoms with E-state index in [0.717, 1.165) is 5.39 Å². The highest BCUT2D eigenvalue weighted by Gasteiger charge is 2.12. The predicted molar refractivity (Wildman–Crippen MR) is 69.8 cm³/mol. The third-order valence-electron chi connectivity index (χ3n) is 2.58. The molecular weight excluding hydrogens is 273 g/mol. The SMILES string of the molecule is O=C(NCCn1ncc2ccccc2c1=O)C(F)Cl. The molecule has 0 spiro atoms. The van der Waals surface area contributed by atoms with Crippen molar-refractivity contribution in [1.82, 2.24) is 15.1 Å². The lowest BCUT2D eigenvalue weighted by Crippen LogP contribution is -2.34. The Morgan fingerprint density at radius 3 is 2.95 bits per heavy atom. The quantitative estimate of drug-likeness (QED) is 0.853. The van der Waals surface area contributed by atoms with E-state index < -0.39 is 11.5 Å². The van der Waals surface area contributed by atoms with Crippen LogP contribution in [-0.4, -0.2) is 27.9 Å². The third-order valence-corrected chi connectivity index (χ3v) is 2.78. The van der Waals surface area contributed by atoms with Gasteiger partial charge in [0.2, 0.25) is 0 Å². The summed E-state index contributed by atoms with van der Waals surface area (Å²) in [7, 11) is 0. The molecule has 0 aliphatic heterocycles. The fourth-order valence-corrected chi connectivity index (χ4v) is 1.73. The van der Waals surface area contributed by atoms with Gasteiger partial charge in [0.05, 0.1) is 18.1 Å². The van der Waals surface area contributed by atoms with Gasteiger partial charge in [0.25, 0.3) is 17.1 Å². The summed E-state index contributed by atoms with van der Waals surface area (Å²) in [5.41, 5.74) is -2.34. The van der Waals surface area contributed by atoms with Crippen molar-refractivity contribution < 1.29 is 9.18 Å². The van der Waals surface area contributed by atoms with Gasteiger partial charge in [-0.2, -0.15) is 5.10 Å². The van der Waals surface area contributed by atoms with Gasteiger partial charge >= 0.3 is 0 Å². The molecule has 1 amide bonds. The Labute approximate surface area is 113 Å². The molecule has 0 fully saturated rings. The lowest BCUT2D eigenvalue weighted by molar-refractivity contribution is -0.123. The monoisotopic (exact) mass is 283 g/mol. The number of aromatic nitrogens is 2. The zero-order chi connectivity index (χ0) is 13.8. The Hall–Kier alpha value is -1.95. The normalized spacial score (nSPS) is 12.3. The first-order valence-corrected chi connectivity index (χ1v) is 6.04. The minimum Gasteiger partial charge on any atom is -0.351 e. The van der Waals surface area contributed by atoms with Gasteiger partial charge in [0.15, 0.2) is 0 Å². The van der Waals surface area contributed by atoms with Gasteiger partial charge in [-0.25, -0.2) is 9.07 Å². The van der Waals surface area contributed by atoms with Crippen LogP contribution < -0.4 is 10.9 Å². The third kappa shape index (κ3) is 3.08. The average Bonchev–Trinajstić information content (AvgIpc) is 2.41. The predicted octanol–water partition coefficient (Wildman–Crippen LogP) is 1.05. The maximum Gasteiger partial charge on any atom is 0.274 e. The van der Waals surface area contributed by atoms with Crippen molar-refractivity contribution >= 4 is 28.3 Å². The Morgan fingerprint density at radius 2 is 2.21 bits per heavy atom. The van der Waals surface area contributed by atoms with Gasteiger partial charge in [-0.3, -0.25) is 9.59 Å². The zero-order valence-corrected chi connectivity index (χ0v) is 10.6. The van der Waals surface area contributed by atoms with Gasteiger partial charge in [0, 0.05) is 11.9 Å². The fourth-order valence-electron chi connectivity index (χ4n) is 1.65. The van der Waals surface area contributed by atoms with Crippen LogP contribution in [0.25, 0.3) is 10.8 Å². The van der Waals surface area contributed by atoms with Crippen LogP contribution in [0.2, 0.25) is 0 Å². The minimum atomic E-state index is -2.08. The number of hydrogen-bond acceptors (Lipinski definition) is 3. The van der Waals surface area contributed by atoms with E-state index in [-0.39, 0.29) is 18.6 Å². The fraction of sp³-hybridized carbons (Fsp3) is 0.250. The highest BCUT2D eigenvalue weighted by atomic mass is 35.5. The molecule has 1 atom stereocenters. The highest BCUT2D eigenvalue weighted by Crippen LogP contribution is 2.06. The topological polar surface area (TPSA) is 64.0 Å². The Bertz CT molecular complexity index is 657. The van der Waals surface area contributed by atoms with Gasteiger partial charge in [-0.15, -0.1) is 0 Å². The molecule has 100 valence electrons. The first-order chi connectivity index (χ1) is 9.09. The van der Waals surface area contributed by atoms with Gasteiger partial charge in [0.1, 0.15) is 0 Å². The second-order valence-corrected chi connectivity index (χ2v) is 4.24. The van der Waals surface area contributed by atoms with E-state index >= 15 is 0 Å². The van der Waals surface area contributed by atoms with Gasteiger partial charge in [-0.1, -0.05) is 29.8 Å². The van der Waals surface area contributed by atoms with Crippen molar-refractivity contribution in [1.29, 1.82) is 0 Å². The van der Waals surface area contributed by atoms with E-state index in [4.69, 9.17) is 11.6 Å². The van der Waals surface area contributed by atoms with Crippen molar-refractivity contribution in [2.45, 2.75) is 12.2 Å². The second-order valence-electron chi connectivity index (χ2n) is 3.85. The number of carbonyl (C=O) groups is 1. The number of amides is 1. The molecule has 0 bridgehead atoms. The smallest absolute Gasteiger partial charge is 0.274 e. The van der Waals surface area contributed by atoms with Crippen molar-refractivity contribution in [3.8, 4) is 0 Å². The van der Waals surface area contributed by atoms with E-state index in [1.807, 2.05) is 6.07 Å². The van der Waals surface area contributed by atoms with Crippen LogP contribution in [0.4, 0.5) is 4.39 Å². The number of nitrogens with zero attached hydrogens (tertiary/aromatic N) is 2. The average molecular weight is 284 g/mol. The second kappa shape index (κ2) is 5.79. The van der Waals surface area contributed by atoms with Crippen LogP contribution >= 0.6 is 11.6 Å². The summed E-state index contributed by atoms with van der Waals surface area (Å²) in [4.78, 5) is 22.9. The molecule has 0 aliphatic carbocycles. The van der Waals surface area contributed by atoms with Crippen molar-refractivity contribution in [3.05, 3.63) is 40.8 Å². The lowest BCUT2D eigenvalue weighted by atomic mass is 10.2. The summed E-state index contributed by atoms with van der Waals surface area (Å²) >= 11 is 4.96. The van der Waals surface area contributed by atoms with Gasteiger partial charge < -0.3 is 5.32 Å². The highest BCUT2D eigenvalue weighted by molar-refractivity contribution is 6.29. The molecular formula is C12H11ClFN3O2. The summed E-state index contributed by atoms with van der Waals surface area (Å²) in [6.45, 7) is 0.232. The maximum atomic E-state index is 12.4. The summed E-state index contributed by atoms with van der Waals surface area (Å²) < 4.78 is 13.6. The van der Waals surface area contributed by atoms with Crippen LogP contribution in [-0.2, 0) is 11.3 Å². The summed E-state index contributed by atoms with van der Waals surface area (Å²) in [5.74, 6) is -0.921. The minimum absolute atomic E-state index is 0.0806.